The molecule has 0 heterocycles. The molecule has 2 aromatic carbocycles. The van der Waals surface area contributed by atoms with Crippen molar-refractivity contribution in [1.82, 2.24) is 10.2 Å². The Bertz CT molecular complexity index is 1140. The fourth-order valence-electron chi connectivity index (χ4n) is 3.64. The highest BCUT2D eigenvalue weighted by Crippen LogP contribution is 2.26. The van der Waals surface area contributed by atoms with Gasteiger partial charge in [-0.05, 0) is 68.1 Å². The maximum atomic E-state index is 13.7. The second-order valence-corrected chi connectivity index (χ2v) is 11.4. The molecule has 0 aromatic heterocycles. The summed E-state index contributed by atoms with van der Waals surface area (Å²) in [5, 5.41) is 3.95. The van der Waals surface area contributed by atoms with E-state index in [0.717, 1.165) is 22.5 Å². The van der Waals surface area contributed by atoms with E-state index < -0.39 is 28.5 Å². The molecule has 0 bridgehead atoms. The first-order chi connectivity index (χ1) is 16.4. The fraction of sp³-hybridized carbons (Fsp3) is 0.440. The van der Waals surface area contributed by atoms with Gasteiger partial charge in [-0.3, -0.25) is 13.9 Å². The Labute approximate surface area is 218 Å². The first-order valence-electron chi connectivity index (χ1n) is 11.5. The predicted molar refractivity (Wildman–Crippen MR) is 142 cm³/mol. The third-order valence-electron chi connectivity index (χ3n) is 5.76. The molecule has 0 aliphatic carbocycles. The second-order valence-electron chi connectivity index (χ2n) is 8.59. The number of nitrogens with one attached hydrogen (secondary N) is 1. The zero-order valence-electron chi connectivity index (χ0n) is 20.7. The SMILES string of the molecule is CC[C@H](C)NC(=O)[C@H](CC)N(Cc1ccc(Cl)cc1)C(=O)CN(c1ccc(Cl)cc1C)S(C)(=O)=O. The summed E-state index contributed by atoms with van der Waals surface area (Å²) in [6, 6.07) is 10.9. The van der Waals surface area contributed by atoms with Crippen LogP contribution in [0.1, 0.15) is 44.7 Å². The van der Waals surface area contributed by atoms with Crippen LogP contribution in [0.4, 0.5) is 5.69 Å². The third-order valence-corrected chi connectivity index (χ3v) is 7.37. The zero-order chi connectivity index (χ0) is 26.3. The van der Waals surface area contributed by atoms with Gasteiger partial charge in [-0.15, -0.1) is 0 Å². The summed E-state index contributed by atoms with van der Waals surface area (Å²) in [5.74, 6) is -0.774. The van der Waals surface area contributed by atoms with Gasteiger partial charge in [0.1, 0.15) is 12.6 Å². The maximum Gasteiger partial charge on any atom is 0.244 e. The van der Waals surface area contributed by atoms with Crippen LogP contribution in [0, 0.1) is 6.92 Å². The highest BCUT2D eigenvalue weighted by Gasteiger charge is 2.32. The Morgan fingerprint density at radius 2 is 1.60 bits per heavy atom. The van der Waals surface area contributed by atoms with E-state index in [0.29, 0.717) is 27.7 Å². The van der Waals surface area contributed by atoms with E-state index in [1.165, 1.54) is 4.90 Å². The lowest BCUT2D eigenvalue weighted by molar-refractivity contribution is -0.140. The highest BCUT2D eigenvalue weighted by molar-refractivity contribution is 7.92. The number of carbonyl (C=O) groups is 2. The molecule has 0 spiro atoms. The molecule has 35 heavy (non-hydrogen) atoms. The summed E-state index contributed by atoms with van der Waals surface area (Å²) in [6.45, 7) is 7.07. The number of hydrogen-bond donors (Lipinski definition) is 1. The van der Waals surface area contributed by atoms with Crippen molar-refractivity contribution in [2.45, 2.75) is 59.2 Å². The molecule has 2 rings (SSSR count). The van der Waals surface area contributed by atoms with Crippen molar-refractivity contribution >= 4 is 50.7 Å². The number of nitrogens with zero attached hydrogens (tertiary/aromatic N) is 2. The molecule has 0 radical (unpaired) electrons. The van der Waals surface area contributed by atoms with Crippen LogP contribution in [0.3, 0.4) is 0 Å². The zero-order valence-corrected chi connectivity index (χ0v) is 23.0. The van der Waals surface area contributed by atoms with E-state index in [1.54, 1.807) is 49.4 Å². The van der Waals surface area contributed by atoms with Gasteiger partial charge in [0.15, 0.2) is 0 Å². The van der Waals surface area contributed by atoms with E-state index >= 15 is 0 Å². The molecule has 192 valence electrons. The van der Waals surface area contributed by atoms with Crippen molar-refractivity contribution in [2.75, 3.05) is 17.1 Å². The first-order valence-corrected chi connectivity index (χ1v) is 14.1. The summed E-state index contributed by atoms with van der Waals surface area (Å²) in [4.78, 5) is 28.2. The minimum Gasteiger partial charge on any atom is -0.352 e. The van der Waals surface area contributed by atoms with Crippen LogP contribution in [-0.4, -0.2) is 50.0 Å². The Morgan fingerprint density at radius 3 is 2.11 bits per heavy atom. The molecule has 0 fully saturated rings. The van der Waals surface area contributed by atoms with Crippen molar-refractivity contribution in [3.63, 3.8) is 0 Å². The number of amides is 2. The monoisotopic (exact) mass is 541 g/mol. The second kappa shape index (κ2) is 12.6. The van der Waals surface area contributed by atoms with Crippen LogP contribution >= 0.6 is 23.2 Å². The van der Waals surface area contributed by atoms with Gasteiger partial charge in [0.05, 0.1) is 11.9 Å². The molecule has 0 saturated carbocycles. The molecule has 0 unspecified atom stereocenters. The lowest BCUT2D eigenvalue weighted by Gasteiger charge is -2.33. The van der Waals surface area contributed by atoms with Gasteiger partial charge in [0.25, 0.3) is 0 Å². The van der Waals surface area contributed by atoms with Crippen LogP contribution in [0.15, 0.2) is 42.5 Å². The van der Waals surface area contributed by atoms with Gasteiger partial charge in [-0.25, -0.2) is 8.42 Å². The molecular formula is C25H33Cl2N3O4S. The lowest BCUT2D eigenvalue weighted by Crippen LogP contribution is -2.53. The number of carbonyl (C=O) groups excluding carboxylic acids is 2. The van der Waals surface area contributed by atoms with E-state index in [2.05, 4.69) is 5.32 Å². The summed E-state index contributed by atoms with van der Waals surface area (Å²) >= 11 is 12.1. The van der Waals surface area contributed by atoms with Crippen molar-refractivity contribution < 1.29 is 18.0 Å². The predicted octanol–water partition coefficient (Wildman–Crippen LogP) is 4.79. The summed E-state index contributed by atoms with van der Waals surface area (Å²) in [5.41, 5.74) is 1.74. The van der Waals surface area contributed by atoms with Crippen LogP contribution in [0.25, 0.3) is 0 Å². The van der Waals surface area contributed by atoms with E-state index in [1.807, 2.05) is 20.8 Å². The standard InChI is InChI=1S/C25H33Cl2N3O4S/c1-6-18(4)28-25(32)22(7-2)29(15-19-8-10-20(26)11-9-19)24(31)16-30(35(5,33)34)23-13-12-21(27)14-17(23)3/h8-14,18,22H,6-7,15-16H2,1-5H3,(H,28,32)/t18-,22-/m0/s1. The largest absolute Gasteiger partial charge is 0.352 e. The minimum atomic E-state index is -3.81. The van der Waals surface area contributed by atoms with Gasteiger partial charge in [0, 0.05) is 22.6 Å². The molecule has 2 aromatic rings. The third kappa shape index (κ3) is 8.12. The summed E-state index contributed by atoms with van der Waals surface area (Å²) in [7, 11) is -3.81. The Kier molecular flexibility index (Phi) is 10.4. The minimum absolute atomic E-state index is 0.0618. The summed E-state index contributed by atoms with van der Waals surface area (Å²) < 4.78 is 26.5. The van der Waals surface area contributed by atoms with Crippen molar-refractivity contribution in [1.29, 1.82) is 0 Å². The normalized spacial score (nSPS) is 13.1. The molecule has 1 N–H and O–H groups in total. The highest BCUT2D eigenvalue weighted by atomic mass is 35.5. The molecule has 0 aliphatic heterocycles. The molecule has 7 nitrogen and oxygen atoms in total. The molecule has 0 aliphatic rings. The Hall–Kier alpha value is -2.29. The molecule has 0 saturated heterocycles. The van der Waals surface area contributed by atoms with Crippen LogP contribution < -0.4 is 9.62 Å². The number of hydrogen-bond acceptors (Lipinski definition) is 4. The average Bonchev–Trinajstić information content (AvgIpc) is 2.78. The molecule has 2 atom stereocenters. The van der Waals surface area contributed by atoms with Crippen LogP contribution in [-0.2, 0) is 26.2 Å². The number of halogens is 2. The Balaban J connectivity index is 2.46. The van der Waals surface area contributed by atoms with E-state index in [9.17, 15) is 18.0 Å². The van der Waals surface area contributed by atoms with E-state index in [-0.39, 0.29) is 18.5 Å². The van der Waals surface area contributed by atoms with Crippen LogP contribution in [0.2, 0.25) is 10.0 Å². The van der Waals surface area contributed by atoms with Gasteiger partial charge < -0.3 is 10.2 Å². The van der Waals surface area contributed by atoms with Crippen molar-refractivity contribution in [3.8, 4) is 0 Å². The molecule has 10 heteroatoms. The number of benzene rings is 2. The number of sulfonamides is 1. The van der Waals surface area contributed by atoms with Gasteiger partial charge >= 0.3 is 0 Å². The number of anilines is 1. The van der Waals surface area contributed by atoms with Crippen molar-refractivity contribution in [3.05, 3.63) is 63.6 Å². The average molecular weight is 543 g/mol. The smallest absolute Gasteiger partial charge is 0.244 e. The first kappa shape index (κ1) is 28.9. The lowest BCUT2D eigenvalue weighted by atomic mass is 10.1. The molecular weight excluding hydrogens is 509 g/mol. The van der Waals surface area contributed by atoms with Gasteiger partial charge in [-0.2, -0.15) is 0 Å². The van der Waals surface area contributed by atoms with Crippen molar-refractivity contribution in [2.24, 2.45) is 0 Å². The molecule has 2 amide bonds. The fourth-order valence-corrected chi connectivity index (χ4v) is 4.90. The van der Waals surface area contributed by atoms with Gasteiger partial charge in [-0.1, -0.05) is 49.2 Å². The number of aryl methyl sites for hydroxylation is 1. The summed E-state index contributed by atoms with van der Waals surface area (Å²) in [6.07, 6.45) is 2.15. The Morgan fingerprint density at radius 1 is 1.00 bits per heavy atom. The van der Waals surface area contributed by atoms with E-state index in [4.69, 9.17) is 23.2 Å². The number of rotatable bonds is 11. The van der Waals surface area contributed by atoms with Crippen LogP contribution in [0.5, 0.6) is 0 Å². The van der Waals surface area contributed by atoms with Gasteiger partial charge in [0.2, 0.25) is 21.8 Å². The maximum absolute atomic E-state index is 13.7. The topological polar surface area (TPSA) is 86.8 Å². The quantitative estimate of drug-likeness (QED) is 0.443.